The van der Waals surface area contributed by atoms with E-state index in [9.17, 15) is 9.59 Å². The molecule has 3 aromatic rings. The summed E-state index contributed by atoms with van der Waals surface area (Å²) in [5, 5.41) is 8.84. The van der Waals surface area contributed by atoms with Crippen LogP contribution in [0, 0.1) is 0 Å². The quantitative estimate of drug-likeness (QED) is 0.424. The minimum atomic E-state index is -0.576. The van der Waals surface area contributed by atoms with E-state index in [1.807, 2.05) is 66.7 Å². The minimum Gasteiger partial charge on any atom is -0.496 e. The number of carbonyl (C=O) groups is 2. The second-order valence-electron chi connectivity index (χ2n) is 6.73. The molecule has 2 N–H and O–H groups in total. The van der Waals surface area contributed by atoms with Crippen LogP contribution < -0.4 is 15.5 Å². The Hall–Kier alpha value is -3.87. The van der Waals surface area contributed by atoms with Crippen LogP contribution in [0.15, 0.2) is 71.8 Å². The van der Waals surface area contributed by atoms with Gasteiger partial charge in [-0.25, -0.2) is 10.2 Å². The van der Waals surface area contributed by atoms with Crippen LogP contribution in [0.4, 0.5) is 4.79 Å². The van der Waals surface area contributed by atoms with Crippen LogP contribution in [0.5, 0.6) is 5.75 Å². The number of hydrogen-bond donors (Lipinski definition) is 2. The molecule has 3 rings (SSSR count). The number of alkyl carbamates (subject to hydrolysis) is 1. The molecule has 0 fully saturated rings. The summed E-state index contributed by atoms with van der Waals surface area (Å²) in [5.41, 5.74) is 4.10. The van der Waals surface area contributed by atoms with Gasteiger partial charge in [0.05, 0.1) is 32.4 Å². The molecule has 7 nitrogen and oxygen atoms in total. The van der Waals surface area contributed by atoms with Gasteiger partial charge in [0, 0.05) is 5.56 Å². The number of ether oxygens (including phenoxy) is 2. The summed E-state index contributed by atoms with van der Waals surface area (Å²) < 4.78 is 10.4. The van der Waals surface area contributed by atoms with E-state index in [0.717, 1.165) is 21.9 Å². The number of methoxy groups -OCH3 is 1. The number of nitrogens with one attached hydrogen (secondary N) is 2. The molecule has 0 heterocycles. The Balaban J connectivity index is 1.72. The van der Waals surface area contributed by atoms with Crippen LogP contribution >= 0.6 is 0 Å². The molecule has 1 atom stereocenters. The second kappa shape index (κ2) is 10.8. The van der Waals surface area contributed by atoms with Crippen LogP contribution in [-0.4, -0.2) is 31.9 Å². The van der Waals surface area contributed by atoms with E-state index in [2.05, 4.69) is 15.8 Å². The van der Waals surface area contributed by atoms with Gasteiger partial charge < -0.3 is 14.8 Å². The minimum absolute atomic E-state index is 0.00679. The maximum absolute atomic E-state index is 12.5. The fraction of sp³-hybridized carbons (Fsp3) is 0.208. The van der Waals surface area contributed by atoms with Crippen molar-refractivity contribution in [2.45, 2.75) is 19.4 Å². The summed E-state index contributed by atoms with van der Waals surface area (Å²) in [4.78, 5) is 24.4. The van der Waals surface area contributed by atoms with Gasteiger partial charge in [0.25, 0.3) is 0 Å². The highest BCUT2D eigenvalue weighted by molar-refractivity contribution is 6.02. The number of rotatable bonds is 8. The number of carbonyl (C=O) groups excluding carboxylic acids is 2. The lowest BCUT2D eigenvalue weighted by Gasteiger charge is -2.18. The van der Waals surface area contributed by atoms with E-state index < -0.39 is 12.1 Å². The van der Waals surface area contributed by atoms with Crippen molar-refractivity contribution in [2.75, 3.05) is 13.7 Å². The average molecular weight is 419 g/mol. The number of fused-ring (bicyclic) bond motifs is 1. The van der Waals surface area contributed by atoms with Crippen LogP contribution in [0.2, 0.25) is 0 Å². The first-order chi connectivity index (χ1) is 15.1. The Labute approximate surface area is 181 Å². The molecule has 2 amide bonds. The van der Waals surface area contributed by atoms with Crippen molar-refractivity contribution in [3.05, 3.63) is 77.9 Å². The number of hydrogen-bond acceptors (Lipinski definition) is 5. The zero-order chi connectivity index (χ0) is 22.1. The largest absolute Gasteiger partial charge is 0.496 e. The van der Waals surface area contributed by atoms with Gasteiger partial charge in [-0.15, -0.1) is 0 Å². The SMILES string of the molecule is CCOC(=O)N[C@@H](CC(=O)N/N=C\c1c(OC)ccc2ccccc12)c1ccccc1. The predicted octanol–water partition coefficient (Wildman–Crippen LogP) is 4.18. The highest BCUT2D eigenvalue weighted by atomic mass is 16.5. The highest BCUT2D eigenvalue weighted by Crippen LogP contribution is 2.26. The van der Waals surface area contributed by atoms with E-state index in [1.165, 1.54) is 0 Å². The van der Waals surface area contributed by atoms with Crippen molar-refractivity contribution in [1.82, 2.24) is 10.7 Å². The average Bonchev–Trinajstić information content (AvgIpc) is 2.79. The fourth-order valence-corrected chi connectivity index (χ4v) is 3.24. The van der Waals surface area contributed by atoms with E-state index in [-0.39, 0.29) is 18.9 Å². The number of benzene rings is 3. The molecule has 0 radical (unpaired) electrons. The molecule has 0 unspecified atom stereocenters. The molecule has 31 heavy (non-hydrogen) atoms. The van der Waals surface area contributed by atoms with Crippen molar-refractivity contribution in [2.24, 2.45) is 5.10 Å². The third-order valence-electron chi connectivity index (χ3n) is 4.69. The van der Waals surface area contributed by atoms with Crippen LogP contribution in [0.3, 0.4) is 0 Å². The van der Waals surface area contributed by atoms with E-state index in [0.29, 0.717) is 5.75 Å². The number of amides is 2. The van der Waals surface area contributed by atoms with Gasteiger partial charge in [0.1, 0.15) is 5.75 Å². The molecule has 0 bridgehead atoms. The molecule has 0 aliphatic carbocycles. The third kappa shape index (κ3) is 5.82. The summed E-state index contributed by atoms with van der Waals surface area (Å²) in [5.74, 6) is 0.309. The Bertz CT molecular complexity index is 1070. The molecule has 7 heteroatoms. The van der Waals surface area contributed by atoms with Gasteiger partial charge in [-0.1, -0.05) is 60.7 Å². The lowest BCUT2D eigenvalue weighted by molar-refractivity contribution is -0.121. The molecule has 0 aliphatic rings. The lowest BCUT2D eigenvalue weighted by atomic mass is 10.0. The predicted molar refractivity (Wildman–Crippen MR) is 120 cm³/mol. The summed E-state index contributed by atoms with van der Waals surface area (Å²) in [6, 6.07) is 20.4. The third-order valence-corrected chi connectivity index (χ3v) is 4.69. The molecule has 0 aromatic heterocycles. The van der Waals surface area contributed by atoms with Gasteiger partial charge in [-0.3, -0.25) is 4.79 Å². The molecule has 0 aliphatic heterocycles. The standard InChI is InChI=1S/C24H25N3O4/c1-3-31-24(29)26-21(18-10-5-4-6-11-18)15-23(28)27-25-16-20-19-12-8-7-9-17(19)13-14-22(20)30-2/h4-14,16,21H,3,15H2,1-2H3,(H,26,29)(H,27,28)/b25-16-/t21-/m0/s1. The maximum atomic E-state index is 12.5. The number of nitrogens with zero attached hydrogens (tertiary/aromatic N) is 1. The number of hydrazone groups is 1. The Morgan fingerprint density at radius 2 is 1.77 bits per heavy atom. The van der Waals surface area contributed by atoms with Gasteiger partial charge >= 0.3 is 6.09 Å². The summed E-state index contributed by atoms with van der Waals surface area (Å²) in [6.45, 7) is 1.97. The first-order valence-electron chi connectivity index (χ1n) is 9.98. The van der Waals surface area contributed by atoms with E-state index in [1.54, 1.807) is 20.2 Å². The Kier molecular flexibility index (Phi) is 7.59. The van der Waals surface area contributed by atoms with Crippen LogP contribution in [-0.2, 0) is 9.53 Å². The molecule has 0 spiro atoms. The van der Waals surface area contributed by atoms with Gasteiger partial charge in [-0.2, -0.15) is 5.10 Å². The Morgan fingerprint density at radius 1 is 1.03 bits per heavy atom. The highest BCUT2D eigenvalue weighted by Gasteiger charge is 2.19. The lowest BCUT2D eigenvalue weighted by Crippen LogP contribution is -2.33. The van der Waals surface area contributed by atoms with Crippen molar-refractivity contribution in [3.8, 4) is 5.75 Å². The molecule has 0 saturated carbocycles. The summed E-state index contributed by atoms with van der Waals surface area (Å²) in [7, 11) is 1.59. The molecule has 0 saturated heterocycles. The maximum Gasteiger partial charge on any atom is 0.407 e. The zero-order valence-corrected chi connectivity index (χ0v) is 17.5. The molecular formula is C24H25N3O4. The first kappa shape index (κ1) is 21.8. The first-order valence-corrected chi connectivity index (χ1v) is 9.98. The topological polar surface area (TPSA) is 89.0 Å². The van der Waals surface area contributed by atoms with Crippen molar-refractivity contribution < 1.29 is 19.1 Å². The van der Waals surface area contributed by atoms with Crippen LogP contribution in [0.25, 0.3) is 10.8 Å². The fourth-order valence-electron chi connectivity index (χ4n) is 3.24. The van der Waals surface area contributed by atoms with Crippen molar-refractivity contribution in [1.29, 1.82) is 0 Å². The van der Waals surface area contributed by atoms with Crippen molar-refractivity contribution in [3.63, 3.8) is 0 Å². The smallest absolute Gasteiger partial charge is 0.407 e. The summed E-state index contributed by atoms with van der Waals surface area (Å²) >= 11 is 0. The van der Waals surface area contributed by atoms with Crippen molar-refractivity contribution >= 4 is 29.0 Å². The van der Waals surface area contributed by atoms with Gasteiger partial charge in [0.2, 0.25) is 5.91 Å². The Morgan fingerprint density at radius 3 is 2.52 bits per heavy atom. The van der Waals surface area contributed by atoms with E-state index in [4.69, 9.17) is 9.47 Å². The summed E-state index contributed by atoms with van der Waals surface area (Å²) in [6.07, 6.45) is 0.996. The van der Waals surface area contributed by atoms with E-state index >= 15 is 0 Å². The molecular weight excluding hydrogens is 394 g/mol. The van der Waals surface area contributed by atoms with Gasteiger partial charge in [0.15, 0.2) is 0 Å². The molecule has 3 aromatic carbocycles. The van der Waals surface area contributed by atoms with Crippen LogP contribution in [0.1, 0.15) is 30.5 Å². The normalized spacial score (nSPS) is 11.8. The monoisotopic (exact) mass is 419 g/mol. The zero-order valence-electron chi connectivity index (χ0n) is 17.5. The molecule has 160 valence electrons. The second-order valence-corrected chi connectivity index (χ2v) is 6.73. The van der Waals surface area contributed by atoms with Gasteiger partial charge in [-0.05, 0) is 29.3 Å².